The molecule has 1 aromatic heterocycles. The summed E-state index contributed by atoms with van der Waals surface area (Å²) in [4.78, 5) is 12.5. The van der Waals surface area contributed by atoms with E-state index < -0.39 is 30.2 Å². The van der Waals surface area contributed by atoms with Crippen molar-refractivity contribution in [3.8, 4) is 33.9 Å². The SMILES string of the molecule is [2H]c1c([2H])c([2H])c(-c2nc(Cl)nc(-c3ccc(-c4ccccc4)cc3)n2)c([2H])c1[2H]. The van der Waals surface area contributed by atoms with Gasteiger partial charge in [0.25, 0.3) is 0 Å². The molecule has 0 aliphatic carbocycles. The Morgan fingerprint density at radius 3 is 1.84 bits per heavy atom. The van der Waals surface area contributed by atoms with Gasteiger partial charge >= 0.3 is 0 Å². The first kappa shape index (κ1) is 10.7. The van der Waals surface area contributed by atoms with Gasteiger partial charge in [0.2, 0.25) is 5.28 Å². The molecule has 0 aliphatic rings. The second kappa shape index (κ2) is 6.83. The molecule has 0 fully saturated rings. The number of hydrogen-bond donors (Lipinski definition) is 0. The minimum absolute atomic E-state index is 0.0749. The van der Waals surface area contributed by atoms with E-state index in [9.17, 15) is 0 Å². The molecule has 4 aromatic rings. The fourth-order valence-electron chi connectivity index (χ4n) is 2.40. The summed E-state index contributed by atoms with van der Waals surface area (Å²) < 4.78 is 39.7. The molecular weight excluding hydrogens is 330 g/mol. The summed E-state index contributed by atoms with van der Waals surface area (Å²) in [6.07, 6.45) is 0. The smallest absolute Gasteiger partial charge is 0.208 e. The third-order valence-corrected chi connectivity index (χ3v) is 3.75. The van der Waals surface area contributed by atoms with E-state index in [0.29, 0.717) is 5.56 Å². The summed E-state index contributed by atoms with van der Waals surface area (Å²) in [6.45, 7) is 0. The molecule has 25 heavy (non-hydrogen) atoms. The fraction of sp³-hybridized carbons (Fsp3) is 0. The molecule has 0 unspecified atom stereocenters. The van der Waals surface area contributed by atoms with Crippen LogP contribution in [-0.4, -0.2) is 15.0 Å². The van der Waals surface area contributed by atoms with Crippen molar-refractivity contribution in [1.29, 1.82) is 0 Å². The number of benzene rings is 3. The fourth-order valence-corrected chi connectivity index (χ4v) is 2.56. The summed E-state index contributed by atoms with van der Waals surface area (Å²) in [7, 11) is 0. The normalized spacial score (nSPS) is 13.4. The van der Waals surface area contributed by atoms with Crippen LogP contribution in [0.1, 0.15) is 6.85 Å². The molecule has 0 atom stereocenters. The Hall–Kier alpha value is -3.04. The summed E-state index contributed by atoms with van der Waals surface area (Å²) >= 11 is 6.08. The maximum absolute atomic E-state index is 8.13. The lowest BCUT2D eigenvalue weighted by Crippen LogP contribution is -1.97. The lowest BCUT2D eigenvalue weighted by Gasteiger charge is -2.06. The number of halogens is 1. The van der Waals surface area contributed by atoms with Crippen molar-refractivity contribution in [2.24, 2.45) is 0 Å². The minimum atomic E-state index is -0.481. The van der Waals surface area contributed by atoms with Crippen molar-refractivity contribution < 1.29 is 6.85 Å². The van der Waals surface area contributed by atoms with Crippen LogP contribution in [0.4, 0.5) is 0 Å². The van der Waals surface area contributed by atoms with Gasteiger partial charge in [-0.05, 0) is 22.7 Å². The minimum Gasteiger partial charge on any atom is -0.208 e. The first-order chi connectivity index (χ1) is 14.4. The van der Waals surface area contributed by atoms with Gasteiger partial charge in [0.15, 0.2) is 11.6 Å². The van der Waals surface area contributed by atoms with E-state index in [4.69, 9.17) is 18.5 Å². The molecule has 4 rings (SSSR count). The van der Waals surface area contributed by atoms with Crippen LogP contribution in [-0.2, 0) is 0 Å². The topological polar surface area (TPSA) is 38.7 Å². The third kappa shape index (κ3) is 3.42. The van der Waals surface area contributed by atoms with Crippen LogP contribution >= 0.6 is 11.6 Å². The van der Waals surface area contributed by atoms with E-state index in [1.54, 1.807) is 0 Å². The van der Waals surface area contributed by atoms with Gasteiger partial charge in [-0.3, -0.25) is 0 Å². The van der Waals surface area contributed by atoms with Crippen LogP contribution in [0.3, 0.4) is 0 Å². The maximum atomic E-state index is 8.13. The highest BCUT2D eigenvalue weighted by Gasteiger charge is 2.09. The highest BCUT2D eigenvalue weighted by atomic mass is 35.5. The molecule has 4 heteroatoms. The molecule has 0 saturated carbocycles. The molecule has 120 valence electrons. The molecular formula is C21H14ClN3. The number of hydrogen-bond acceptors (Lipinski definition) is 3. The van der Waals surface area contributed by atoms with Crippen LogP contribution in [0.25, 0.3) is 33.9 Å². The van der Waals surface area contributed by atoms with Crippen LogP contribution in [0, 0.1) is 0 Å². The van der Waals surface area contributed by atoms with Crippen molar-refractivity contribution in [3.05, 3.63) is 90.1 Å². The summed E-state index contributed by atoms with van der Waals surface area (Å²) in [5.41, 5.74) is 2.63. The second-order valence-electron chi connectivity index (χ2n) is 5.20. The highest BCUT2D eigenvalue weighted by molar-refractivity contribution is 6.28. The Bertz CT molecular complexity index is 1220. The number of nitrogens with zero attached hydrogens (tertiary/aromatic N) is 3. The van der Waals surface area contributed by atoms with Gasteiger partial charge in [0, 0.05) is 11.1 Å². The Morgan fingerprint density at radius 2 is 1.16 bits per heavy atom. The van der Waals surface area contributed by atoms with E-state index >= 15 is 0 Å². The third-order valence-electron chi connectivity index (χ3n) is 3.58. The molecule has 0 saturated heterocycles. The molecule has 0 bridgehead atoms. The Kier molecular flexibility index (Phi) is 2.94. The van der Waals surface area contributed by atoms with Gasteiger partial charge < -0.3 is 0 Å². The Balaban J connectivity index is 1.81. The molecule has 3 aromatic carbocycles. The van der Waals surface area contributed by atoms with E-state index in [-0.39, 0.29) is 22.5 Å². The molecule has 0 aliphatic heterocycles. The predicted octanol–water partition coefficient (Wildman–Crippen LogP) is 5.53. The van der Waals surface area contributed by atoms with Crippen molar-refractivity contribution in [3.63, 3.8) is 0 Å². The highest BCUT2D eigenvalue weighted by Crippen LogP contribution is 2.25. The van der Waals surface area contributed by atoms with Crippen LogP contribution in [0.2, 0.25) is 5.28 Å². The zero-order chi connectivity index (χ0) is 21.4. The lowest BCUT2D eigenvalue weighted by atomic mass is 10.0. The van der Waals surface area contributed by atoms with E-state index in [2.05, 4.69) is 15.0 Å². The standard InChI is InChI=1S/C21H14ClN3/c22-21-24-19(17-9-5-2-6-10-17)23-20(25-21)18-13-11-16(12-14-18)15-7-3-1-4-8-15/h1-14H/i2D,5D,6D,9D,10D. The van der Waals surface area contributed by atoms with Crippen molar-refractivity contribution in [2.75, 3.05) is 0 Å². The summed E-state index contributed by atoms with van der Waals surface area (Å²) in [6, 6.07) is 15.2. The van der Waals surface area contributed by atoms with Gasteiger partial charge in [-0.15, -0.1) is 0 Å². The summed E-state index contributed by atoms with van der Waals surface area (Å²) in [5.74, 6) is 0.172. The van der Waals surface area contributed by atoms with Gasteiger partial charge in [0.1, 0.15) is 0 Å². The Morgan fingerprint density at radius 1 is 0.600 bits per heavy atom. The van der Waals surface area contributed by atoms with Gasteiger partial charge in [0.05, 0.1) is 6.85 Å². The van der Waals surface area contributed by atoms with Gasteiger partial charge in [-0.2, -0.15) is 9.97 Å². The monoisotopic (exact) mass is 348 g/mol. The first-order valence-corrected chi connectivity index (χ1v) is 7.89. The lowest BCUT2D eigenvalue weighted by molar-refractivity contribution is 1.07. The maximum Gasteiger partial charge on any atom is 0.226 e. The van der Waals surface area contributed by atoms with Crippen molar-refractivity contribution >= 4 is 11.6 Å². The average molecular weight is 349 g/mol. The predicted molar refractivity (Wildman–Crippen MR) is 101 cm³/mol. The van der Waals surface area contributed by atoms with Crippen molar-refractivity contribution in [2.45, 2.75) is 0 Å². The van der Waals surface area contributed by atoms with Crippen LogP contribution in [0.15, 0.2) is 84.8 Å². The van der Waals surface area contributed by atoms with E-state index in [1.165, 1.54) is 0 Å². The summed E-state index contributed by atoms with van der Waals surface area (Å²) in [5, 5.41) is -0.131. The average Bonchev–Trinajstić information content (AvgIpc) is 2.77. The second-order valence-corrected chi connectivity index (χ2v) is 5.53. The van der Waals surface area contributed by atoms with Crippen LogP contribution < -0.4 is 0 Å². The number of rotatable bonds is 3. The molecule has 1 heterocycles. The molecule has 0 spiro atoms. The molecule has 0 amide bonds. The Labute approximate surface area is 158 Å². The number of aromatic nitrogens is 3. The van der Waals surface area contributed by atoms with Crippen molar-refractivity contribution in [1.82, 2.24) is 15.0 Å². The van der Waals surface area contributed by atoms with E-state index in [1.807, 2.05) is 54.6 Å². The molecule has 3 nitrogen and oxygen atoms in total. The van der Waals surface area contributed by atoms with Gasteiger partial charge in [-0.1, -0.05) is 84.8 Å². The molecule has 0 radical (unpaired) electrons. The van der Waals surface area contributed by atoms with Gasteiger partial charge in [-0.25, -0.2) is 4.98 Å². The zero-order valence-corrected chi connectivity index (χ0v) is 13.7. The van der Waals surface area contributed by atoms with Crippen LogP contribution in [0.5, 0.6) is 0 Å². The van der Waals surface area contributed by atoms with E-state index in [0.717, 1.165) is 11.1 Å². The zero-order valence-electron chi connectivity index (χ0n) is 17.9. The molecule has 0 N–H and O–H groups in total. The first-order valence-electron chi connectivity index (χ1n) is 10.0. The quantitative estimate of drug-likeness (QED) is 0.489. The largest absolute Gasteiger partial charge is 0.226 e.